The molecule has 1 fully saturated rings. The van der Waals surface area contributed by atoms with Gasteiger partial charge in [0.15, 0.2) is 5.82 Å². The number of Topliss-reactive ketones (excluding diaryl/α,β-unsaturated/α-hetero) is 1. The van der Waals surface area contributed by atoms with Crippen molar-refractivity contribution in [3.05, 3.63) is 24.0 Å². The average Bonchev–Trinajstić information content (AvgIpc) is 3.69. The Morgan fingerprint density at radius 2 is 1.12 bits per heavy atom. The number of hydrogen-bond acceptors (Lipinski definition) is 17. The number of nitrogen functional groups attached to an aromatic ring is 1. The Morgan fingerprint density at radius 3 is 1.61 bits per heavy atom. The molecule has 0 aliphatic carbocycles. The van der Waals surface area contributed by atoms with Crippen LogP contribution in [0.4, 0.5) is 11.5 Å². The first kappa shape index (κ1) is 55.5. The van der Waals surface area contributed by atoms with E-state index in [2.05, 4.69) is 58.5 Å². The number of rotatable bonds is 42. The van der Waals surface area contributed by atoms with Gasteiger partial charge in [0, 0.05) is 63.2 Å². The van der Waals surface area contributed by atoms with E-state index < -0.39 is 0 Å². The molecule has 18 heteroatoms. The molecule has 0 saturated carbocycles. The highest BCUT2D eigenvalue weighted by atomic mass is 16.6. The van der Waals surface area contributed by atoms with Crippen molar-refractivity contribution in [2.75, 3.05) is 196 Å². The van der Waals surface area contributed by atoms with Crippen LogP contribution in [-0.2, 0) is 65.1 Å². The second kappa shape index (κ2) is 35.1. The molecule has 0 amide bonds. The van der Waals surface area contributed by atoms with Crippen LogP contribution in [0.5, 0.6) is 0 Å². The summed E-state index contributed by atoms with van der Waals surface area (Å²) in [6.07, 6.45) is 5.70. The van der Waals surface area contributed by atoms with Crippen molar-refractivity contribution < 1.29 is 52.2 Å². The Kier molecular flexibility index (Phi) is 29.5. The van der Waals surface area contributed by atoms with E-state index in [1.54, 1.807) is 6.92 Å². The summed E-state index contributed by atoms with van der Waals surface area (Å²) in [5.74, 6) is 1.75. The largest absolute Gasteiger partial charge is 0.382 e. The Labute approximate surface area is 393 Å². The van der Waals surface area contributed by atoms with Crippen molar-refractivity contribution in [3.8, 4) is 0 Å². The van der Waals surface area contributed by atoms with E-state index >= 15 is 0 Å². The molecule has 3 aromatic rings. The number of hydrogen-bond donors (Lipinski definition) is 1. The fourth-order valence-corrected chi connectivity index (χ4v) is 7.25. The number of ether oxygens (including phenoxy) is 10. The number of piperazine rings is 1. The summed E-state index contributed by atoms with van der Waals surface area (Å²) in [7, 11) is 4.35. The van der Waals surface area contributed by atoms with Gasteiger partial charge in [0.05, 0.1) is 143 Å². The maximum atomic E-state index is 10.8. The van der Waals surface area contributed by atoms with Crippen LogP contribution in [-0.4, -0.2) is 216 Å². The lowest BCUT2D eigenvalue weighted by Crippen LogP contribution is -2.44. The number of likely N-dealkylation sites (N-methyl/N-ethyl adjacent to an activating group) is 2. The number of pyridine rings is 1. The maximum absolute atomic E-state index is 10.8. The van der Waals surface area contributed by atoms with Crippen molar-refractivity contribution in [1.29, 1.82) is 0 Å². The number of fused-ring (bicyclic) bond motifs is 3. The molecule has 0 radical (unpaired) electrons. The highest BCUT2D eigenvalue weighted by molar-refractivity contribution is 6.07. The molecule has 2 aromatic heterocycles. The third-order valence-electron chi connectivity index (χ3n) is 11.1. The van der Waals surface area contributed by atoms with E-state index in [9.17, 15) is 4.79 Å². The van der Waals surface area contributed by atoms with E-state index in [4.69, 9.17) is 63.1 Å². The number of carbonyl (C=O) groups is 1. The molecule has 2 N–H and O–H groups in total. The monoisotopic (exact) mass is 934 g/mol. The molecular formula is C48H83N7O11. The molecule has 1 saturated heterocycles. The summed E-state index contributed by atoms with van der Waals surface area (Å²) in [4.78, 5) is 27.9. The van der Waals surface area contributed by atoms with Crippen LogP contribution in [0.25, 0.3) is 21.9 Å². The third kappa shape index (κ3) is 22.8. The highest BCUT2D eigenvalue weighted by Gasteiger charge is 2.20. The van der Waals surface area contributed by atoms with Crippen molar-refractivity contribution in [2.24, 2.45) is 0 Å². The summed E-state index contributed by atoms with van der Waals surface area (Å²) in [6.45, 7) is 20.9. The minimum atomic E-state index is 0.126. The Morgan fingerprint density at radius 1 is 0.636 bits per heavy atom. The molecule has 4 rings (SSSR count). The van der Waals surface area contributed by atoms with Gasteiger partial charge < -0.3 is 72.4 Å². The van der Waals surface area contributed by atoms with Crippen molar-refractivity contribution in [3.63, 3.8) is 0 Å². The summed E-state index contributed by atoms with van der Waals surface area (Å²) < 4.78 is 57.8. The minimum Gasteiger partial charge on any atom is -0.382 e. The molecular weight excluding hydrogens is 851 g/mol. The van der Waals surface area contributed by atoms with Gasteiger partial charge in [-0.1, -0.05) is 13.3 Å². The lowest BCUT2D eigenvalue weighted by molar-refractivity contribution is -0.118. The first-order valence-electron chi connectivity index (χ1n) is 24.3. The zero-order chi connectivity index (χ0) is 46.9. The lowest BCUT2D eigenvalue weighted by Gasteiger charge is -2.34. The zero-order valence-corrected chi connectivity index (χ0v) is 40.8. The molecule has 1 aromatic carbocycles. The summed E-state index contributed by atoms with van der Waals surface area (Å²) >= 11 is 0. The fourth-order valence-electron chi connectivity index (χ4n) is 7.25. The number of carbonyl (C=O) groups excluding carboxylic acids is 1. The van der Waals surface area contributed by atoms with Gasteiger partial charge in [-0.15, -0.1) is 0 Å². The molecule has 376 valence electrons. The average molecular weight is 934 g/mol. The molecule has 66 heavy (non-hydrogen) atoms. The number of unbranched alkanes of at least 4 members (excludes halogenated alkanes) is 2. The molecule has 0 unspecified atom stereocenters. The van der Waals surface area contributed by atoms with Gasteiger partial charge in [-0.25, -0.2) is 9.97 Å². The summed E-state index contributed by atoms with van der Waals surface area (Å²) in [5.41, 5.74) is 10.7. The zero-order valence-electron chi connectivity index (χ0n) is 40.8. The van der Waals surface area contributed by atoms with Crippen molar-refractivity contribution in [2.45, 2.75) is 58.9 Å². The normalized spacial score (nSPS) is 13.6. The molecule has 0 spiro atoms. The topological polar surface area (TPSA) is 176 Å². The maximum Gasteiger partial charge on any atom is 0.152 e. The van der Waals surface area contributed by atoms with E-state index in [1.165, 1.54) is 5.69 Å². The van der Waals surface area contributed by atoms with Crippen LogP contribution >= 0.6 is 0 Å². The van der Waals surface area contributed by atoms with Crippen LogP contribution in [0.1, 0.15) is 51.8 Å². The molecule has 18 nitrogen and oxygen atoms in total. The third-order valence-corrected chi connectivity index (χ3v) is 11.1. The number of nitrogens with zero attached hydrogens (tertiary/aromatic N) is 6. The smallest absolute Gasteiger partial charge is 0.152 e. The second-order valence-corrected chi connectivity index (χ2v) is 16.6. The lowest BCUT2D eigenvalue weighted by atomic mass is 10.1. The first-order valence-corrected chi connectivity index (χ1v) is 24.3. The number of imidazole rings is 1. The van der Waals surface area contributed by atoms with Crippen LogP contribution in [0, 0.1) is 0 Å². The van der Waals surface area contributed by atoms with Crippen LogP contribution < -0.4 is 10.6 Å². The van der Waals surface area contributed by atoms with Gasteiger partial charge in [0.25, 0.3) is 0 Å². The fraction of sp³-hybridized carbons (Fsp3) is 0.771. The standard InChI is InChI=1S/C48H83N7O11/c1-5-6-9-45-51-46-47(43-40-42(10-11-44(43)50-48(46)49)54-17-15-53(4)16-18-54)55(45)14-8-7-13-52(3)19-21-58-23-25-60-27-29-62-31-33-64-35-37-66-39-38-65-36-34-63-32-30-61-28-26-59-24-22-57-20-12-41(2)56/h10-11,40H,5-9,12-39H2,1-4H3,(H2,49,50). The minimum absolute atomic E-state index is 0.126. The van der Waals surface area contributed by atoms with Crippen LogP contribution in [0.2, 0.25) is 0 Å². The predicted octanol–water partition coefficient (Wildman–Crippen LogP) is 4.12. The summed E-state index contributed by atoms with van der Waals surface area (Å²) in [5, 5.41) is 1.14. The van der Waals surface area contributed by atoms with Gasteiger partial charge in [-0.05, 0) is 65.0 Å². The number of benzene rings is 1. The van der Waals surface area contributed by atoms with Gasteiger partial charge in [0.2, 0.25) is 0 Å². The highest BCUT2D eigenvalue weighted by Crippen LogP contribution is 2.32. The quantitative estimate of drug-likeness (QED) is 0.0803. The number of aryl methyl sites for hydroxylation is 2. The van der Waals surface area contributed by atoms with E-state index in [-0.39, 0.29) is 5.78 Å². The predicted molar refractivity (Wildman–Crippen MR) is 258 cm³/mol. The Hall–Kier alpha value is -3.11. The molecule has 3 heterocycles. The van der Waals surface area contributed by atoms with Crippen LogP contribution in [0.15, 0.2) is 18.2 Å². The van der Waals surface area contributed by atoms with Crippen molar-refractivity contribution in [1.82, 2.24) is 24.3 Å². The van der Waals surface area contributed by atoms with Crippen LogP contribution in [0.3, 0.4) is 0 Å². The Bertz CT molecular complexity index is 1710. The van der Waals surface area contributed by atoms with E-state index in [1.807, 2.05) is 0 Å². The van der Waals surface area contributed by atoms with Gasteiger partial charge in [-0.3, -0.25) is 4.79 Å². The SMILES string of the molecule is CCCCc1nc2c(N)nc3ccc(N4CCN(C)CC4)cc3c2n1CCCCN(C)CCOCCOCCOCCOCCOCCOCCOCCOCCOCCOCCC(C)=O. The number of aromatic nitrogens is 3. The number of anilines is 2. The second-order valence-electron chi connectivity index (χ2n) is 16.6. The number of ketones is 1. The van der Waals surface area contributed by atoms with Crippen molar-refractivity contribution >= 4 is 39.2 Å². The number of nitrogens with two attached hydrogens (primary N) is 1. The van der Waals surface area contributed by atoms with E-state index in [0.29, 0.717) is 144 Å². The molecule has 0 bridgehead atoms. The first-order chi connectivity index (χ1) is 32.4. The molecule has 0 atom stereocenters. The summed E-state index contributed by atoms with van der Waals surface area (Å²) in [6, 6.07) is 6.62. The molecule has 1 aliphatic heterocycles. The van der Waals surface area contributed by atoms with E-state index in [0.717, 1.165) is 106 Å². The van der Waals surface area contributed by atoms with Gasteiger partial charge in [-0.2, -0.15) is 0 Å². The molecule has 1 aliphatic rings. The Balaban J connectivity index is 0.916. The van der Waals surface area contributed by atoms with Gasteiger partial charge in [0.1, 0.15) is 17.1 Å². The van der Waals surface area contributed by atoms with Gasteiger partial charge >= 0.3 is 0 Å².